The summed E-state index contributed by atoms with van der Waals surface area (Å²) in [5, 5.41) is 2.67. The first-order valence-corrected chi connectivity index (χ1v) is 5.48. The van der Waals surface area contributed by atoms with Gasteiger partial charge in [0, 0.05) is 6.42 Å². The number of nitrogens with two attached hydrogens (primary N) is 1. The smallest absolute Gasteiger partial charge is 0.224 e. The van der Waals surface area contributed by atoms with E-state index in [1.54, 1.807) is 0 Å². The lowest BCUT2D eigenvalue weighted by Gasteiger charge is -2.07. The maximum atomic E-state index is 12.7. The van der Waals surface area contributed by atoms with Gasteiger partial charge >= 0.3 is 0 Å². The van der Waals surface area contributed by atoms with E-state index in [1.807, 2.05) is 0 Å². The summed E-state index contributed by atoms with van der Waals surface area (Å²) in [6.45, 7) is 2.08. The Morgan fingerprint density at radius 1 is 1.44 bits per heavy atom. The zero-order chi connectivity index (χ0) is 12.0. The van der Waals surface area contributed by atoms with Gasteiger partial charge in [-0.15, -0.1) is 0 Å². The number of amides is 1. The molecule has 0 atom stereocenters. The van der Waals surface area contributed by atoms with Gasteiger partial charge in [0.25, 0.3) is 0 Å². The van der Waals surface area contributed by atoms with Gasteiger partial charge in [0.1, 0.15) is 5.82 Å². The Morgan fingerprint density at radius 2 is 2.19 bits per heavy atom. The molecule has 0 aliphatic carbocycles. The van der Waals surface area contributed by atoms with Crippen LogP contribution in [0, 0.1) is 5.82 Å². The maximum absolute atomic E-state index is 12.7. The number of anilines is 2. The third-order valence-corrected chi connectivity index (χ3v) is 2.30. The molecule has 0 bridgehead atoms. The van der Waals surface area contributed by atoms with Crippen LogP contribution < -0.4 is 11.1 Å². The van der Waals surface area contributed by atoms with Crippen LogP contribution in [-0.4, -0.2) is 5.91 Å². The van der Waals surface area contributed by atoms with E-state index in [0.29, 0.717) is 12.1 Å². The SMILES string of the molecule is CCCCCC(=O)Nc1ccc(F)cc1N. The van der Waals surface area contributed by atoms with Crippen molar-refractivity contribution in [1.82, 2.24) is 0 Å². The number of carbonyl (C=O) groups is 1. The van der Waals surface area contributed by atoms with E-state index in [4.69, 9.17) is 5.73 Å². The monoisotopic (exact) mass is 224 g/mol. The predicted molar refractivity (Wildman–Crippen MR) is 63.6 cm³/mol. The number of benzene rings is 1. The van der Waals surface area contributed by atoms with Crippen LogP contribution in [0.4, 0.5) is 15.8 Å². The van der Waals surface area contributed by atoms with Crippen molar-refractivity contribution in [2.75, 3.05) is 11.1 Å². The molecular formula is C12H17FN2O. The Labute approximate surface area is 94.8 Å². The molecule has 88 valence electrons. The lowest BCUT2D eigenvalue weighted by atomic mass is 10.2. The van der Waals surface area contributed by atoms with Crippen molar-refractivity contribution in [2.45, 2.75) is 32.6 Å². The fourth-order valence-corrected chi connectivity index (χ4v) is 1.40. The minimum atomic E-state index is -0.401. The van der Waals surface area contributed by atoms with Crippen LogP contribution in [0.3, 0.4) is 0 Å². The highest BCUT2D eigenvalue weighted by Gasteiger charge is 2.05. The highest BCUT2D eigenvalue weighted by atomic mass is 19.1. The van der Waals surface area contributed by atoms with E-state index in [1.165, 1.54) is 18.2 Å². The van der Waals surface area contributed by atoms with E-state index in [9.17, 15) is 9.18 Å². The minimum absolute atomic E-state index is 0.0771. The van der Waals surface area contributed by atoms with Crippen molar-refractivity contribution < 1.29 is 9.18 Å². The Kier molecular flexibility index (Phi) is 4.76. The third kappa shape index (κ3) is 3.88. The molecule has 0 spiro atoms. The first-order valence-electron chi connectivity index (χ1n) is 5.48. The molecule has 0 radical (unpaired) electrons. The van der Waals surface area contributed by atoms with Gasteiger partial charge in [-0.25, -0.2) is 4.39 Å². The summed E-state index contributed by atoms with van der Waals surface area (Å²) >= 11 is 0. The zero-order valence-electron chi connectivity index (χ0n) is 9.42. The molecule has 3 N–H and O–H groups in total. The Balaban J connectivity index is 2.49. The molecule has 0 saturated carbocycles. The Morgan fingerprint density at radius 3 is 2.81 bits per heavy atom. The Bertz CT molecular complexity index is 366. The molecule has 0 aromatic heterocycles. The number of carbonyl (C=O) groups excluding carboxylic acids is 1. The summed E-state index contributed by atoms with van der Waals surface area (Å²) < 4.78 is 12.7. The zero-order valence-corrected chi connectivity index (χ0v) is 9.42. The van der Waals surface area contributed by atoms with Gasteiger partial charge < -0.3 is 11.1 Å². The summed E-state index contributed by atoms with van der Waals surface area (Å²) in [5.41, 5.74) is 6.30. The summed E-state index contributed by atoms with van der Waals surface area (Å²) in [6.07, 6.45) is 3.45. The average Bonchev–Trinajstić information content (AvgIpc) is 2.23. The van der Waals surface area contributed by atoms with Crippen LogP contribution in [0.2, 0.25) is 0 Å². The molecule has 1 aromatic carbocycles. The largest absolute Gasteiger partial charge is 0.397 e. The van der Waals surface area contributed by atoms with Crippen molar-refractivity contribution in [3.63, 3.8) is 0 Å². The van der Waals surface area contributed by atoms with Crippen LogP contribution in [0.25, 0.3) is 0 Å². The number of halogens is 1. The van der Waals surface area contributed by atoms with Gasteiger partial charge in [0.15, 0.2) is 0 Å². The number of rotatable bonds is 5. The summed E-state index contributed by atoms with van der Waals surface area (Å²) in [6, 6.07) is 3.95. The van der Waals surface area contributed by atoms with Crippen LogP contribution >= 0.6 is 0 Å². The quantitative estimate of drug-likeness (QED) is 0.596. The topological polar surface area (TPSA) is 55.1 Å². The second kappa shape index (κ2) is 6.10. The first kappa shape index (κ1) is 12.5. The number of nitrogen functional groups attached to an aromatic ring is 1. The highest BCUT2D eigenvalue weighted by molar-refractivity contribution is 5.93. The van der Waals surface area contributed by atoms with Gasteiger partial charge in [0.2, 0.25) is 5.91 Å². The molecule has 0 saturated heterocycles. The van der Waals surface area contributed by atoms with E-state index in [0.717, 1.165) is 19.3 Å². The molecule has 1 amide bonds. The predicted octanol–water partition coefficient (Wildman–Crippen LogP) is 2.93. The number of nitrogens with one attached hydrogen (secondary N) is 1. The Hall–Kier alpha value is -1.58. The molecule has 0 unspecified atom stereocenters. The van der Waals surface area contributed by atoms with Gasteiger partial charge in [-0.3, -0.25) is 4.79 Å². The van der Waals surface area contributed by atoms with Crippen LogP contribution in [0.1, 0.15) is 32.6 Å². The molecule has 1 aromatic rings. The van der Waals surface area contributed by atoms with Crippen molar-refractivity contribution >= 4 is 17.3 Å². The second-order valence-corrected chi connectivity index (χ2v) is 3.74. The normalized spacial score (nSPS) is 10.1. The third-order valence-electron chi connectivity index (χ3n) is 2.30. The van der Waals surface area contributed by atoms with Crippen molar-refractivity contribution in [1.29, 1.82) is 0 Å². The van der Waals surface area contributed by atoms with Gasteiger partial charge in [0.05, 0.1) is 11.4 Å². The van der Waals surface area contributed by atoms with Crippen molar-refractivity contribution in [3.05, 3.63) is 24.0 Å². The summed E-state index contributed by atoms with van der Waals surface area (Å²) in [7, 11) is 0. The lowest BCUT2D eigenvalue weighted by molar-refractivity contribution is -0.116. The first-order chi connectivity index (χ1) is 7.63. The molecule has 0 heterocycles. The van der Waals surface area contributed by atoms with E-state index in [2.05, 4.69) is 12.2 Å². The molecule has 0 aliphatic rings. The van der Waals surface area contributed by atoms with Crippen molar-refractivity contribution in [2.24, 2.45) is 0 Å². The molecule has 3 nitrogen and oxygen atoms in total. The molecule has 16 heavy (non-hydrogen) atoms. The molecule has 0 fully saturated rings. The molecule has 0 aliphatic heterocycles. The van der Waals surface area contributed by atoms with Gasteiger partial charge in [-0.2, -0.15) is 0 Å². The molecule has 1 rings (SSSR count). The number of hydrogen-bond donors (Lipinski definition) is 2. The maximum Gasteiger partial charge on any atom is 0.224 e. The van der Waals surface area contributed by atoms with Crippen LogP contribution in [0.5, 0.6) is 0 Å². The van der Waals surface area contributed by atoms with Gasteiger partial charge in [-0.05, 0) is 24.6 Å². The van der Waals surface area contributed by atoms with Gasteiger partial charge in [-0.1, -0.05) is 19.8 Å². The summed E-state index contributed by atoms with van der Waals surface area (Å²) in [4.78, 5) is 11.5. The fraction of sp³-hybridized carbons (Fsp3) is 0.417. The van der Waals surface area contributed by atoms with Crippen LogP contribution in [-0.2, 0) is 4.79 Å². The molecular weight excluding hydrogens is 207 g/mol. The number of hydrogen-bond acceptors (Lipinski definition) is 2. The standard InChI is InChI=1S/C12H17FN2O/c1-2-3-4-5-12(16)15-11-7-6-9(13)8-10(11)14/h6-8H,2-5,14H2,1H3,(H,15,16). The minimum Gasteiger partial charge on any atom is -0.397 e. The number of unbranched alkanes of at least 4 members (excludes halogenated alkanes) is 2. The van der Waals surface area contributed by atoms with E-state index in [-0.39, 0.29) is 11.6 Å². The molecule has 4 heteroatoms. The second-order valence-electron chi connectivity index (χ2n) is 3.74. The van der Waals surface area contributed by atoms with Crippen molar-refractivity contribution in [3.8, 4) is 0 Å². The van der Waals surface area contributed by atoms with E-state index < -0.39 is 5.82 Å². The van der Waals surface area contributed by atoms with E-state index >= 15 is 0 Å². The highest BCUT2D eigenvalue weighted by Crippen LogP contribution is 2.19. The average molecular weight is 224 g/mol. The fourth-order valence-electron chi connectivity index (χ4n) is 1.40. The summed E-state index contributed by atoms with van der Waals surface area (Å²) in [5.74, 6) is -0.478. The lowest BCUT2D eigenvalue weighted by Crippen LogP contribution is -2.12. The van der Waals surface area contributed by atoms with Crippen LogP contribution in [0.15, 0.2) is 18.2 Å².